The van der Waals surface area contributed by atoms with Gasteiger partial charge in [-0.05, 0) is 44.5 Å². The Balaban J connectivity index is 2.91. The molecule has 0 radical (unpaired) electrons. The third kappa shape index (κ3) is 6.20. The maximum absolute atomic E-state index is 13.8. The lowest BCUT2D eigenvalue weighted by molar-refractivity contribution is -0.247. The third-order valence-electron chi connectivity index (χ3n) is 4.66. The second-order valence-corrected chi connectivity index (χ2v) is 10.8. The van der Waals surface area contributed by atoms with Crippen LogP contribution in [-0.2, 0) is 34.5 Å². The Kier molecular flexibility index (Phi) is 9.09. The molecule has 0 amide bonds. The van der Waals surface area contributed by atoms with Gasteiger partial charge in [0.1, 0.15) is 19.0 Å². The number of rotatable bonds is 12. The average Bonchev–Trinajstić information content (AvgIpc) is 2.75. The van der Waals surface area contributed by atoms with Gasteiger partial charge in [0, 0.05) is 0 Å². The highest BCUT2D eigenvalue weighted by Crippen LogP contribution is 2.50. The molecule has 18 heteroatoms. The summed E-state index contributed by atoms with van der Waals surface area (Å²) in [5, 5.41) is -13.6. The van der Waals surface area contributed by atoms with Gasteiger partial charge in [-0.2, -0.15) is 34.8 Å². The van der Waals surface area contributed by atoms with E-state index in [0.29, 0.717) is 18.6 Å². The highest BCUT2D eigenvalue weighted by atomic mass is 32.2. The van der Waals surface area contributed by atoms with Gasteiger partial charge in [-0.3, -0.25) is 4.79 Å². The van der Waals surface area contributed by atoms with Crippen LogP contribution in [-0.4, -0.2) is 63.0 Å². The number of benzene rings is 1. The first kappa shape index (κ1) is 31.4. The molecule has 0 saturated carbocycles. The van der Waals surface area contributed by atoms with Gasteiger partial charge in [0.2, 0.25) is 0 Å². The van der Waals surface area contributed by atoms with Crippen molar-refractivity contribution in [1.29, 1.82) is 0 Å². The molecule has 2 N–H and O–H groups in total. The standard InChI is InChI=1S/C18H20F6O10S2/c1-4-15(2,3)14(26)33-10-9-32-13(25)11-5-7-12(8-6-11)34-36(30,31)18(23,24)16(19,20)17(21,22)35(27,28)29/h5-8H,4,9-10H2,1-3H3,(H,27,28,29)/p+1. The quantitative estimate of drug-likeness (QED) is 0.120. The van der Waals surface area contributed by atoms with Crippen molar-refractivity contribution < 1.29 is 71.0 Å². The number of hydrogen-bond donors (Lipinski definition) is 0. The van der Waals surface area contributed by atoms with Crippen LogP contribution in [0.3, 0.4) is 0 Å². The number of carbonyl (C=O) groups excluding carboxylic acids is 2. The van der Waals surface area contributed by atoms with E-state index in [1.165, 1.54) is 0 Å². The number of carbonyl (C=O) groups is 2. The lowest BCUT2D eigenvalue weighted by atomic mass is 9.91. The number of esters is 2. The van der Waals surface area contributed by atoms with Crippen molar-refractivity contribution in [3.8, 4) is 5.75 Å². The van der Waals surface area contributed by atoms with Gasteiger partial charge < -0.3 is 18.2 Å². The van der Waals surface area contributed by atoms with Crippen molar-refractivity contribution in [2.75, 3.05) is 13.2 Å². The average molecular weight is 575 g/mol. The molecule has 0 saturated heterocycles. The summed E-state index contributed by atoms with van der Waals surface area (Å²) >= 11 is 0. The van der Waals surface area contributed by atoms with E-state index in [-0.39, 0.29) is 12.2 Å². The van der Waals surface area contributed by atoms with Crippen molar-refractivity contribution in [2.45, 2.75) is 43.6 Å². The summed E-state index contributed by atoms with van der Waals surface area (Å²) in [7, 11) is -13.9. The predicted octanol–water partition coefficient (Wildman–Crippen LogP) is 2.41. The van der Waals surface area contributed by atoms with Gasteiger partial charge in [0.05, 0.1) is 11.0 Å². The first-order valence-corrected chi connectivity index (χ1v) is 12.5. The van der Waals surface area contributed by atoms with Gasteiger partial charge in [-0.1, -0.05) is 6.92 Å². The van der Waals surface area contributed by atoms with E-state index in [4.69, 9.17) is 14.0 Å². The summed E-state index contributed by atoms with van der Waals surface area (Å²) in [6.45, 7) is 4.31. The Labute approximate surface area is 201 Å². The SMILES string of the molecule is CCC(C)(C)C(=O)OCCOC(=O)c1ccc(OS(=O)(=O)C(F)(F)C(F)(F)C(F)(F)S(=O)(=O)[OH2+])cc1. The fourth-order valence-corrected chi connectivity index (χ4v) is 3.45. The molecule has 0 unspecified atom stereocenters. The highest BCUT2D eigenvalue weighted by Gasteiger charge is 2.85. The van der Waals surface area contributed by atoms with Crippen LogP contribution in [0.25, 0.3) is 0 Å². The zero-order chi connectivity index (χ0) is 28.4. The topological polar surface area (TPSA) is 153 Å². The first-order chi connectivity index (χ1) is 16.0. The highest BCUT2D eigenvalue weighted by molar-refractivity contribution is 7.88. The summed E-state index contributed by atoms with van der Waals surface area (Å²) in [4.78, 5) is 23.7. The van der Waals surface area contributed by atoms with E-state index in [2.05, 4.69) is 4.18 Å². The molecule has 10 nitrogen and oxygen atoms in total. The van der Waals surface area contributed by atoms with Crippen LogP contribution < -0.4 is 4.18 Å². The minimum absolute atomic E-state index is 0.310. The molecule has 0 aliphatic rings. The second kappa shape index (κ2) is 10.4. The van der Waals surface area contributed by atoms with Crippen LogP contribution in [0, 0.1) is 5.41 Å². The predicted molar refractivity (Wildman–Crippen MR) is 109 cm³/mol. The van der Waals surface area contributed by atoms with Crippen molar-refractivity contribution in [2.24, 2.45) is 5.41 Å². The zero-order valence-corrected chi connectivity index (χ0v) is 20.3. The largest absolute Gasteiger partial charge is 0.486 e. The lowest BCUT2D eigenvalue weighted by Gasteiger charge is -2.28. The maximum atomic E-state index is 13.8. The second-order valence-electron chi connectivity index (χ2n) is 7.68. The minimum Gasteiger partial charge on any atom is -0.462 e. The molecule has 0 heterocycles. The zero-order valence-electron chi connectivity index (χ0n) is 18.7. The van der Waals surface area contributed by atoms with Crippen molar-refractivity contribution in [3.63, 3.8) is 0 Å². The Bertz CT molecular complexity index is 1180. The van der Waals surface area contributed by atoms with Gasteiger partial charge >= 0.3 is 48.6 Å². The summed E-state index contributed by atoms with van der Waals surface area (Å²) < 4.78 is 145. The molecular formula is C18H21F6O10S2+. The molecule has 0 aromatic heterocycles. The molecule has 1 rings (SSSR count). The van der Waals surface area contributed by atoms with Crippen LogP contribution in [0.15, 0.2) is 24.3 Å². The summed E-state index contributed by atoms with van der Waals surface area (Å²) in [6.07, 6.45) is 0.477. The molecule has 0 bridgehead atoms. The maximum Gasteiger partial charge on any atom is 0.486 e. The van der Waals surface area contributed by atoms with E-state index in [1.54, 1.807) is 20.8 Å². The molecular weight excluding hydrogens is 554 g/mol. The van der Waals surface area contributed by atoms with E-state index in [0.717, 1.165) is 12.1 Å². The monoisotopic (exact) mass is 575 g/mol. The third-order valence-corrected chi connectivity index (χ3v) is 6.89. The Hall–Kier alpha value is -2.60. The minimum atomic E-state index is -7.10. The summed E-state index contributed by atoms with van der Waals surface area (Å²) in [5.74, 6) is -9.86. The fourth-order valence-electron chi connectivity index (χ4n) is 2.01. The van der Waals surface area contributed by atoms with Gasteiger partial charge in [-0.25, -0.2) is 4.79 Å². The number of halogens is 6. The number of ether oxygens (including phenoxy) is 2. The van der Waals surface area contributed by atoms with Crippen molar-refractivity contribution >= 4 is 32.2 Å². The molecule has 0 atom stereocenters. The number of alkyl halides is 6. The van der Waals surface area contributed by atoms with E-state index >= 15 is 0 Å². The Morgan fingerprint density at radius 1 is 0.861 bits per heavy atom. The van der Waals surface area contributed by atoms with Gasteiger partial charge in [-0.15, -0.1) is 8.42 Å². The molecule has 206 valence electrons. The molecule has 0 spiro atoms. The van der Waals surface area contributed by atoms with Crippen LogP contribution >= 0.6 is 0 Å². The van der Waals surface area contributed by atoms with E-state index < -0.39 is 66.4 Å². The first-order valence-electron chi connectivity index (χ1n) is 9.56. The molecule has 0 fully saturated rings. The number of hydrogen-bond acceptors (Lipinski definition) is 9. The molecule has 1 aromatic rings. The summed E-state index contributed by atoms with van der Waals surface area (Å²) in [6, 6.07) is 2.48. The van der Waals surface area contributed by atoms with Gasteiger partial charge in [0.25, 0.3) is 0 Å². The normalized spacial score (nSPS) is 13.7. The molecule has 0 aliphatic heterocycles. The molecule has 1 aromatic carbocycles. The van der Waals surface area contributed by atoms with Crippen LogP contribution in [0.2, 0.25) is 0 Å². The molecule has 36 heavy (non-hydrogen) atoms. The fraction of sp³-hybridized carbons (Fsp3) is 0.556. The van der Waals surface area contributed by atoms with Crippen molar-refractivity contribution in [1.82, 2.24) is 0 Å². The van der Waals surface area contributed by atoms with E-state index in [9.17, 15) is 52.8 Å². The smallest absolute Gasteiger partial charge is 0.462 e. The summed E-state index contributed by atoms with van der Waals surface area (Å²) in [5.41, 5.74) is -1.10. The van der Waals surface area contributed by atoms with Crippen molar-refractivity contribution in [3.05, 3.63) is 29.8 Å². The Morgan fingerprint density at radius 2 is 1.33 bits per heavy atom. The van der Waals surface area contributed by atoms with Crippen LogP contribution in [0.1, 0.15) is 37.6 Å². The van der Waals surface area contributed by atoms with Crippen LogP contribution in [0.5, 0.6) is 5.75 Å². The van der Waals surface area contributed by atoms with E-state index in [1.807, 2.05) is 0 Å². The van der Waals surface area contributed by atoms with Gasteiger partial charge in [0.15, 0.2) is 0 Å². The van der Waals surface area contributed by atoms with Crippen LogP contribution in [0.4, 0.5) is 26.3 Å². The Morgan fingerprint density at radius 3 is 1.78 bits per heavy atom. The lowest BCUT2D eigenvalue weighted by Crippen LogP contribution is -2.61. The molecule has 0 aliphatic carbocycles.